The third-order valence-electron chi connectivity index (χ3n) is 5.25. The van der Waals surface area contributed by atoms with Crippen LogP contribution in [0.5, 0.6) is 11.5 Å². The molecule has 0 radical (unpaired) electrons. The van der Waals surface area contributed by atoms with Crippen molar-refractivity contribution in [3.63, 3.8) is 0 Å². The monoisotopic (exact) mass is 514 g/mol. The van der Waals surface area contributed by atoms with Gasteiger partial charge in [0.1, 0.15) is 17.6 Å². The van der Waals surface area contributed by atoms with Crippen LogP contribution in [0.1, 0.15) is 5.56 Å². The van der Waals surface area contributed by atoms with Gasteiger partial charge in [0.2, 0.25) is 0 Å². The summed E-state index contributed by atoms with van der Waals surface area (Å²) in [6.45, 7) is 0. The van der Waals surface area contributed by atoms with E-state index in [-0.39, 0.29) is 5.56 Å². The zero-order chi connectivity index (χ0) is 25.7. The number of aromatic nitrogens is 1. The molecule has 0 spiro atoms. The summed E-state index contributed by atoms with van der Waals surface area (Å²) >= 11 is 11.6. The summed E-state index contributed by atoms with van der Waals surface area (Å²) in [6, 6.07) is 28.7. The van der Waals surface area contributed by atoms with Gasteiger partial charge in [-0.2, -0.15) is 5.26 Å². The van der Waals surface area contributed by atoms with E-state index in [1.165, 1.54) is 6.07 Å². The SMILES string of the molecule is N#Cc1cc(Cl)ccc1N.Nc1c(-c2cccc(Oc3ccccc3)c2)c(=O)[nH]c2cc(Cl)ccc12. The number of aromatic amines is 1. The number of H-pyrrole nitrogens is 1. The summed E-state index contributed by atoms with van der Waals surface area (Å²) in [5, 5.41) is 10.3. The highest BCUT2D eigenvalue weighted by Crippen LogP contribution is 2.32. The van der Waals surface area contributed by atoms with Crippen molar-refractivity contribution in [3.8, 4) is 28.7 Å². The first-order valence-corrected chi connectivity index (χ1v) is 11.5. The number of anilines is 2. The molecule has 5 N–H and O–H groups in total. The van der Waals surface area contributed by atoms with Crippen molar-refractivity contribution >= 4 is 45.5 Å². The minimum atomic E-state index is -0.269. The maximum absolute atomic E-state index is 12.6. The Morgan fingerprint density at radius 3 is 2.22 bits per heavy atom. The predicted molar refractivity (Wildman–Crippen MR) is 147 cm³/mol. The molecule has 4 aromatic carbocycles. The fourth-order valence-electron chi connectivity index (χ4n) is 3.55. The van der Waals surface area contributed by atoms with Crippen LogP contribution in [0.2, 0.25) is 10.0 Å². The molecule has 6 nitrogen and oxygen atoms in total. The summed E-state index contributed by atoms with van der Waals surface area (Å²) in [7, 11) is 0. The molecule has 0 unspecified atom stereocenters. The maximum atomic E-state index is 12.6. The lowest BCUT2D eigenvalue weighted by molar-refractivity contribution is 0.483. The van der Waals surface area contributed by atoms with Crippen molar-refractivity contribution in [2.45, 2.75) is 0 Å². The van der Waals surface area contributed by atoms with Crippen LogP contribution in [0.3, 0.4) is 0 Å². The van der Waals surface area contributed by atoms with Gasteiger partial charge in [-0.1, -0.05) is 53.5 Å². The Morgan fingerprint density at radius 1 is 0.806 bits per heavy atom. The molecule has 0 saturated heterocycles. The number of nitrogens with one attached hydrogen (secondary N) is 1. The lowest BCUT2D eigenvalue weighted by atomic mass is 10.0. The number of halogens is 2. The summed E-state index contributed by atoms with van der Waals surface area (Å²) in [5.74, 6) is 1.35. The number of hydrogen-bond acceptors (Lipinski definition) is 5. The van der Waals surface area contributed by atoms with Crippen molar-refractivity contribution in [1.29, 1.82) is 5.26 Å². The van der Waals surface area contributed by atoms with E-state index in [4.69, 9.17) is 44.7 Å². The summed E-state index contributed by atoms with van der Waals surface area (Å²) < 4.78 is 5.85. The van der Waals surface area contributed by atoms with Gasteiger partial charge in [0.15, 0.2) is 0 Å². The second kappa shape index (κ2) is 10.9. The maximum Gasteiger partial charge on any atom is 0.258 e. The second-order valence-corrected chi connectivity index (χ2v) is 8.59. The second-order valence-electron chi connectivity index (χ2n) is 7.72. The van der Waals surface area contributed by atoms with E-state index in [0.29, 0.717) is 49.4 Å². The number of benzene rings is 4. The lowest BCUT2D eigenvalue weighted by Crippen LogP contribution is -2.12. The van der Waals surface area contributed by atoms with Gasteiger partial charge in [0.05, 0.1) is 22.3 Å². The highest BCUT2D eigenvalue weighted by atomic mass is 35.5. The molecule has 0 fully saturated rings. The van der Waals surface area contributed by atoms with Crippen LogP contribution < -0.4 is 21.8 Å². The van der Waals surface area contributed by atoms with Gasteiger partial charge >= 0.3 is 0 Å². The lowest BCUT2D eigenvalue weighted by Gasteiger charge is -2.11. The third-order valence-corrected chi connectivity index (χ3v) is 5.72. The average Bonchev–Trinajstić information content (AvgIpc) is 2.86. The molecule has 8 heteroatoms. The Balaban J connectivity index is 0.000000256. The predicted octanol–water partition coefficient (Wildman–Crippen LogP) is 7.02. The first-order valence-electron chi connectivity index (χ1n) is 10.7. The van der Waals surface area contributed by atoms with Crippen LogP contribution >= 0.6 is 23.2 Å². The van der Waals surface area contributed by atoms with E-state index in [2.05, 4.69) is 4.98 Å². The van der Waals surface area contributed by atoms with E-state index in [1.807, 2.05) is 54.6 Å². The van der Waals surface area contributed by atoms with E-state index < -0.39 is 0 Å². The number of para-hydroxylation sites is 1. The molecule has 0 bridgehead atoms. The Labute approximate surface area is 217 Å². The van der Waals surface area contributed by atoms with Crippen LogP contribution in [-0.2, 0) is 0 Å². The molecule has 36 heavy (non-hydrogen) atoms. The molecule has 0 aliphatic heterocycles. The van der Waals surface area contributed by atoms with Gasteiger partial charge < -0.3 is 21.2 Å². The normalized spacial score (nSPS) is 10.2. The molecule has 0 atom stereocenters. The van der Waals surface area contributed by atoms with Crippen LogP contribution in [-0.4, -0.2) is 4.98 Å². The number of nitrogen functional groups attached to an aromatic ring is 2. The third kappa shape index (κ3) is 5.61. The minimum Gasteiger partial charge on any atom is -0.457 e. The summed E-state index contributed by atoms with van der Waals surface area (Å²) in [6.07, 6.45) is 0. The molecular weight excluding hydrogens is 495 g/mol. The molecule has 0 saturated carbocycles. The van der Waals surface area contributed by atoms with Crippen molar-refractivity contribution in [1.82, 2.24) is 4.98 Å². The van der Waals surface area contributed by atoms with Crippen LogP contribution in [0.25, 0.3) is 22.0 Å². The number of pyridine rings is 1. The van der Waals surface area contributed by atoms with Gasteiger partial charge in [-0.15, -0.1) is 0 Å². The Morgan fingerprint density at radius 2 is 1.50 bits per heavy atom. The zero-order valence-electron chi connectivity index (χ0n) is 18.8. The van der Waals surface area contributed by atoms with E-state index in [0.717, 1.165) is 11.1 Å². The Bertz CT molecular complexity index is 1640. The van der Waals surface area contributed by atoms with Crippen LogP contribution in [0.15, 0.2) is 95.8 Å². The number of fused-ring (bicyclic) bond motifs is 1. The van der Waals surface area contributed by atoms with Gasteiger partial charge in [0, 0.05) is 21.1 Å². The van der Waals surface area contributed by atoms with Crippen molar-refractivity contribution in [2.24, 2.45) is 0 Å². The Kier molecular flexibility index (Phi) is 7.45. The minimum absolute atomic E-state index is 0.269. The fraction of sp³-hybridized carbons (Fsp3) is 0. The highest BCUT2D eigenvalue weighted by Gasteiger charge is 2.13. The smallest absolute Gasteiger partial charge is 0.258 e. The van der Waals surface area contributed by atoms with Crippen LogP contribution in [0, 0.1) is 11.3 Å². The summed E-state index contributed by atoms with van der Waals surface area (Å²) in [4.78, 5) is 15.5. The number of nitriles is 1. The largest absolute Gasteiger partial charge is 0.457 e. The fourth-order valence-corrected chi connectivity index (χ4v) is 3.89. The van der Waals surface area contributed by atoms with Crippen molar-refractivity contribution in [3.05, 3.63) is 117 Å². The first kappa shape index (κ1) is 24.7. The van der Waals surface area contributed by atoms with Gasteiger partial charge in [-0.25, -0.2) is 0 Å². The standard InChI is InChI=1S/C21H15ClN2O2.C7H5ClN2/c22-14-9-10-17-18(12-14)24-21(25)19(20(17)23)13-5-4-8-16(11-13)26-15-6-2-1-3-7-15;8-6-1-2-7(10)5(3-6)4-9/h1-12H,(H3,23,24,25);1-3H,10H2. The molecule has 178 valence electrons. The molecule has 1 heterocycles. The van der Waals surface area contributed by atoms with E-state index in [1.54, 1.807) is 36.4 Å². The average molecular weight is 515 g/mol. The first-order chi connectivity index (χ1) is 17.4. The molecule has 0 amide bonds. The molecule has 5 rings (SSSR count). The van der Waals surface area contributed by atoms with Crippen molar-refractivity contribution in [2.75, 3.05) is 11.5 Å². The number of nitrogens with two attached hydrogens (primary N) is 2. The number of ether oxygens (including phenoxy) is 1. The zero-order valence-corrected chi connectivity index (χ0v) is 20.3. The highest BCUT2D eigenvalue weighted by molar-refractivity contribution is 6.31. The molecule has 5 aromatic rings. The van der Waals surface area contributed by atoms with Gasteiger partial charge in [-0.3, -0.25) is 4.79 Å². The van der Waals surface area contributed by atoms with E-state index >= 15 is 0 Å². The van der Waals surface area contributed by atoms with Gasteiger partial charge in [-0.05, 0) is 66.2 Å². The number of rotatable bonds is 3. The van der Waals surface area contributed by atoms with E-state index in [9.17, 15) is 4.79 Å². The van der Waals surface area contributed by atoms with Crippen LogP contribution in [0.4, 0.5) is 11.4 Å². The molecular formula is C28H20Cl2N4O2. The Hall–Kier alpha value is -4.44. The van der Waals surface area contributed by atoms with Crippen molar-refractivity contribution < 1.29 is 4.74 Å². The molecule has 1 aromatic heterocycles. The molecule has 0 aliphatic carbocycles. The molecule has 0 aliphatic rings. The number of nitrogens with zero attached hydrogens (tertiary/aromatic N) is 1. The van der Waals surface area contributed by atoms with Gasteiger partial charge in [0.25, 0.3) is 5.56 Å². The topological polar surface area (TPSA) is 118 Å². The quantitative estimate of drug-likeness (QED) is 0.223. The summed E-state index contributed by atoms with van der Waals surface area (Å²) in [5.41, 5.74) is 14.5. The number of hydrogen-bond donors (Lipinski definition) is 3.